The first-order chi connectivity index (χ1) is 14.5. The number of nitro benzene ring substituents is 1. The van der Waals surface area contributed by atoms with Crippen molar-refractivity contribution in [3.05, 3.63) is 58.1 Å². The maximum absolute atomic E-state index is 13.5. The Morgan fingerprint density at radius 3 is 2.47 bits per heavy atom. The highest BCUT2D eigenvalue weighted by molar-refractivity contribution is 5.88. The third-order valence-corrected chi connectivity index (χ3v) is 5.76. The number of nitro groups is 1. The second kappa shape index (κ2) is 8.61. The maximum Gasteiger partial charge on any atom is 0.279 e. The molecule has 1 fully saturated rings. The molecule has 1 saturated carbocycles. The first kappa shape index (κ1) is 20.0. The summed E-state index contributed by atoms with van der Waals surface area (Å²) < 4.78 is 10.8. The summed E-state index contributed by atoms with van der Waals surface area (Å²) in [6.45, 7) is 0.00338. The third kappa shape index (κ3) is 4.03. The number of fused-ring (bicyclic) bond motifs is 1. The van der Waals surface area contributed by atoms with Crippen molar-refractivity contribution in [2.75, 3.05) is 18.7 Å². The number of carbonyl (C=O) groups is 1. The molecule has 2 aromatic rings. The van der Waals surface area contributed by atoms with Crippen LogP contribution in [0.1, 0.15) is 43.7 Å². The number of nitrogens with zero attached hydrogens (tertiary/aromatic N) is 2. The number of likely N-dealkylation sites (N-methyl/N-ethyl adjacent to an activating group) is 1. The van der Waals surface area contributed by atoms with Crippen LogP contribution in [0.3, 0.4) is 0 Å². The third-order valence-electron chi connectivity index (χ3n) is 5.76. The second-order valence-corrected chi connectivity index (χ2v) is 7.71. The second-order valence-electron chi connectivity index (χ2n) is 7.71. The van der Waals surface area contributed by atoms with Crippen molar-refractivity contribution in [2.24, 2.45) is 0 Å². The number of anilines is 1. The van der Waals surface area contributed by atoms with E-state index < -0.39 is 11.0 Å². The van der Waals surface area contributed by atoms with E-state index in [-0.39, 0.29) is 30.0 Å². The van der Waals surface area contributed by atoms with Gasteiger partial charge in [-0.2, -0.15) is 0 Å². The maximum atomic E-state index is 13.5. The Kier molecular flexibility index (Phi) is 5.74. The van der Waals surface area contributed by atoms with E-state index in [2.05, 4.69) is 5.32 Å². The lowest BCUT2D eigenvalue weighted by molar-refractivity contribution is -0.385. The predicted octanol–water partition coefficient (Wildman–Crippen LogP) is 3.95. The standard InChI is InChI=1S/C22H25N3O5/c1-24(16-10-6-3-7-11-16)21(22(26)23-15-8-4-2-5-9-15)17-12-19-20(30-14-29-19)13-18(17)25(27)28/h3,6-7,10-13,15,21H,2,4-5,8-9,14H2,1H3,(H,23,26). The first-order valence-corrected chi connectivity index (χ1v) is 10.2. The van der Waals surface area contributed by atoms with Crippen LogP contribution in [0, 0.1) is 10.1 Å². The average Bonchev–Trinajstić information content (AvgIpc) is 3.22. The Balaban J connectivity index is 1.75. The zero-order valence-corrected chi connectivity index (χ0v) is 16.9. The molecule has 1 amide bonds. The highest BCUT2D eigenvalue weighted by Crippen LogP contribution is 2.42. The van der Waals surface area contributed by atoms with Gasteiger partial charge in [0.05, 0.1) is 16.6 Å². The van der Waals surface area contributed by atoms with Crippen LogP contribution in [-0.4, -0.2) is 30.7 Å². The molecule has 2 aromatic carbocycles. The minimum absolute atomic E-state index is 0.00338. The van der Waals surface area contributed by atoms with Crippen molar-refractivity contribution >= 4 is 17.3 Å². The van der Waals surface area contributed by atoms with E-state index >= 15 is 0 Å². The predicted molar refractivity (Wildman–Crippen MR) is 112 cm³/mol. The average molecular weight is 411 g/mol. The monoisotopic (exact) mass is 411 g/mol. The van der Waals surface area contributed by atoms with Crippen molar-refractivity contribution in [3.63, 3.8) is 0 Å². The molecule has 158 valence electrons. The molecule has 0 spiro atoms. The summed E-state index contributed by atoms with van der Waals surface area (Å²) in [5.41, 5.74) is 0.906. The van der Waals surface area contributed by atoms with Crippen LogP contribution in [0.4, 0.5) is 11.4 Å². The minimum Gasteiger partial charge on any atom is -0.454 e. The number of rotatable bonds is 6. The van der Waals surface area contributed by atoms with Crippen molar-refractivity contribution in [2.45, 2.75) is 44.2 Å². The number of ether oxygens (including phenoxy) is 2. The number of amides is 1. The van der Waals surface area contributed by atoms with Gasteiger partial charge in [-0.25, -0.2) is 0 Å². The van der Waals surface area contributed by atoms with Gasteiger partial charge in [0, 0.05) is 18.8 Å². The molecular formula is C22H25N3O5. The molecule has 1 aliphatic heterocycles. The highest BCUT2D eigenvalue weighted by Gasteiger charge is 2.35. The highest BCUT2D eigenvalue weighted by atomic mass is 16.7. The molecule has 8 nitrogen and oxygen atoms in total. The van der Waals surface area contributed by atoms with Crippen molar-refractivity contribution in [3.8, 4) is 11.5 Å². The quantitative estimate of drug-likeness (QED) is 0.571. The Morgan fingerprint density at radius 1 is 1.13 bits per heavy atom. The van der Waals surface area contributed by atoms with Gasteiger partial charge >= 0.3 is 0 Å². The molecule has 1 heterocycles. The first-order valence-electron chi connectivity index (χ1n) is 10.2. The van der Waals surface area contributed by atoms with Gasteiger partial charge in [0.15, 0.2) is 11.5 Å². The lowest BCUT2D eigenvalue weighted by Crippen LogP contribution is -2.44. The molecule has 0 radical (unpaired) electrons. The van der Waals surface area contributed by atoms with Gasteiger partial charge < -0.3 is 19.7 Å². The molecule has 0 aromatic heterocycles. The van der Waals surface area contributed by atoms with E-state index in [9.17, 15) is 14.9 Å². The fraction of sp³-hybridized carbons (Fsp3) is 0.409. The Hall–Kier alpha value is -3.29. The summed E-state index contributed by atoms with van der Waals surface area (Å²) in [6, 6.07) is 11.5. The van der Waals surface area contributed by atoms with E-state index in [1.54, 1.807) is 18.0 Å². The van der Waals surface area contributed by atoms with Gasteiger partial charge in [0.2, 0.25) is 12.7 Å². The number of hydrogen-bond donors (Lipinski definition) is 1. The number of carbonyl (C=O) groups excluding carboxylic acids is 1. The lowest BCUT2D eigenvalue weighted by Gasteiger charge is -2.32. The Morgan fingerprint density at radius 2 is 1.80 bits per heavy atom. The van der Waals surface area contributed by atoms with Crippen LogP contribution in [-0.2, 0) is 4.79 Å². The fourth-order valence-electron chi connectivity index (χ4n) is 4.19. The molecule has 1 atom stereocenters. The van der Waals surface area contributed by atoms with Gasteiger partial charge in [-0.05, 0) is 31.0 Å². The smallest absolute Gasteiger partial charge is 0.279 e. The zero-order chi connectivity index (χ0) is 21.1. The van der Waals surface area contributed by atoms with Crippen LogP contribution in [0.25, 0.3) is 0 Å². The zero-order valence-electron chi connectivity index (χ0n) is 16.9. The van der Waals surface area contributed by atoms with Gasteiger partial charge in [0.25, 0.3) is 5.69 Å². The minimum atomic E-state index is -0.885. The van der Waals surface area contributed by atoms with Gasteiger partial charge in [-0.15, -0.1) is 0 Å². The number of nitrogens with one attached hydrogen (secondary N) is 1. The van der Waals surface area contributed by atoms with Gasteiger partial charge in [0.1, 0.15) is 6.04 Å². The van der Waals surface area contributed by atoms with Crippen LogP contribution in [0.15, 0.2) is 42.5 Å². The molecule has 1 unspecified atom stereocenters. The van der Waals surface area contributed by atoms with E-state index in [1.165, 1.54) is 12.5 Å². The number of para-hydroxylation sites is 1. The molecule has 1 aliphatic carbocycles. The normalized spacial score (nSPS) is 16.7. The fourth-order valence-corrected chi connectivity index (χ4v) is 4.19. The van der Waals surface area contributed by atoms with Crippen LogP contribution in [0.5, 0.6) is 11.5 Å². The summed E-state index contributed by atoms with van der Waals surface area (Å²) >= 11 is 0. The SMILES string of the molecule is CN(c1ccccc1)C(C(=O)NC1CCCCC1)c1cc2c(cc1[N+](=O)[O-])OCO2. The molecule has 4 rings (SSSR count). The summed E-state index contributed by atoms with van der Waals surface area (Å²) in [4.78, 5) is 26.6. The van der Waals surface area contributed by atoms with E-state index in [4.69, 9.17) is 9.47 Å². The summed E-state index contributed by atoms with van der Waals surface area (Å²) in [7, 11) is 1.77. The van der Waals surface area contributed by atoms with Crippen molar-refractivity contribution in [1.29, 1.82) is 0 Å². The molecular weight excluding hydrogens is 386 g/mol. The molecule has 8 heteroatoms. The largest absolute Gasteiger partial charge is 0.454 e. The molecule has 0 bridgehead atoms. The molecule has 0 saturated heterocycles. The van der Waals surface area contributed by atoms with Crippen LogP contribution < -0.4 is 19.7 Å². The van der Waals surface area contributed by atoms with Gasteiger partial charge in [-0.3, -0.25) is 14.9 Å². The molecule has 1 N–H and O–H groups in total. The van der Waals surface area contributed by atoms with Gasteiger partial charge in [-0.1, -0.05) is 37.5 Å². The number of benzene rings is 2. The van der Waals surface area contributed by atoms with E-state index in [1.807, 2.05) is 30.3 Å². The lowest BCUT2D eigenvalue weighted by atomic mass is 9.94. The van der Waals surface area contributed by atoms with E-state index in [0.717, 1.165) is 31.4 Å². The van der Waals surface area contributed by atoms with Crippen molar-refractivity contribution in [1.82, 2.24) is 5.32 Å². The summed E-state index contributed by atoms with van der Waals surface area (Å²) in [5, 5.41) is 15.0. The van der Waals surface area contributed by atoms with Crippen molar-refractivity contribution < 1.29 is 19.2 Å². The Bertz CT molecular complexity index is 928. The molecule has 2 aliphatic rings. The van der Waals surface area contributed by atoms with Crippen LogP contribution in [0.2, 0.25) is 0 Å². The van der Waals surface area contributed by atoms with Crippen LogP contribution >= 0.6 is 0 Å². The summed E-state index contributed by atoms with van der Waals surface area (Å²) in [6.07, 6.45) is 5.18. The number of hydrogen-bond acceptors (Lipinski definition) is 6. The summed E-state index contributed by atoms with van der Waals surface area (Å²) in [5.74, 6) is 0.474. The molecule has 30 heavy (non-hydrogen) atoms. The van der Waals surface area contributed by atoms with E-state index in [0.29, 0.717) is 11.5 Å². The topological polar surface area (TPSA) is 93.9 Å². The Labute approximate surface area is 174 Å².